The third-order valence-corrected chi connectivity index (χ3v) is 1.60. The maximum absolute atomic E-state index is 12.9. The average molecular weight is 209 g/mol. The standard InChI is InChI=1S/C11H12FNO2/c1-14-8-15-11-5-4-10(12)7-9(11)3-2-6-13/h4-5,7H,6,8,13H2,1H3. The molecule has 0 aliphatic rings. The second kappa shape index (κ2) is 6.02. The summed E-state index contributed by atoms with van der Waals surface area (Å²) in [4.78, 5) is 0. The topological polar surface area (TPSA) is 44.5 Å². The van der Waals surface area contributed by atoms with Crippen LogP contribution < -0.4 is 10.5 Å². The highest BCUT2D eigenvalue weighted by Crippen LogP contribution is 2.18. The summed E-state index contributed by atoms with van der Waals surface area (Å²) >= 11 is 0. The van der Waals surface area contributed by atoms with Crippen molar-refractivity contribution in [2.45, 2.75) is 0 Å². The van der Waals surface area contributed by atoms with E-state index < -0.39 is 0 Å². The van der Waals surface area contributed by atoms with E-state index in [2.05, 4.69) is 11.8 Å². The molecule has 0 amide bonds. The van der Waals surface area contributed by atoms with Gasteiger partial charge in [0, 0.05) is 7.11 Å². The first-order valence-electron chi connectivity index (χ1n) is 4.38. The van der Waals surface area contributed by atoms with Gasteiger partial charge in [-0.15, -0.1) is 0 Å². The fraction of sp³-hybridized carbons (Fsp3) is 0.273. The van der Waals surface area contributed by atoms with Gasteiger partial charge in [0.15, 0.2) is 6.79 Å². The fourth-order valence-corrected chi connectivity index (χ4v) is 0.994. The summed E-state index contributed by atoms with van der Waals surface area (Å²) in [5.41, 5.74) is 5.70. The summed E-state index contributed by atoms with van der Waals surface area (Å²) in [6.07, 6.45) is 0. The third-order valence-electron chi connectivity index (χ3n) is 1.60. The van der Waals surface area contributed by atoms with Crippen LogP contribution in [0.5, 0.6) is 5.75 Å². The summed E-state index contributed by atoms with van der Waals surface area (Å²) in [5, 5.41) is 0. The molecule has 2 N–H and O–H groups in total. The predicted molar refractivity (Wildman–Crippen MR) is 54.8 cm³/mol. The molecule has 0 aliphatic heterocycles. The van der Waals surface area contributed by atoms with Gasteiger partial charge < -0.3 is 15.2 Å². The summed E-state index contributed by atoms with van der Waals surface area (Å²) < 4.78 is 22.9. The maximum atomic E-state index is 12.9. The first-order valence-corrected chi connectivity index (χ1v) is 4.38. The van der Waals surface area contributed by atoms with Crippen molar-refractivity contribution >= 4 is 0 Å². The van der Waals surface area contributed by atoms with Crippen LogP contribution in [0.25, 0.3) is 0 Å². The summed E-state index contributed by atoms with van der Waals surface area (Å²) in [5.74, 6) is 5.49. The molecule has 15 heavy (non-hydrogen) atoms. The molecule has 0 saturated carbocycles. The number of hydrogen-bond acceptors (Lipinski definition) is 3. The largest absolute Gasteiger partial charge is 0.466 e. The van der Waals surface area contributed by atoms with Gasteiger partial charge in [0.05, 0.1) is 12.1 Å². The van der Waals surface area contributed by atoms with Crippen LogP contribution in [0.2, 0.25) is 0 Å². The molecule has 1 aromatic rings. The lowest BCUT2D eigenvalue weighted by molar-refractivity contribution is 0.0508. The number of hydrogen-bond donors (Lipinski definition) is 1. The molecule has 0 heterocycles. The summed E-state index contributed by atoms with van der Waals surface area (Å²) in [7, 11) is 1.51. The lowest BCUT2D eigenvalue weighted by Crippen LogP contribution is -2.01. The van der Waals surface area contributed by atoms with E-state index in [-0.39, 0.29) is 19.2 Å². The van der Waals surface area contributed by atoms with Crippen LogP contribution in [0, 0.1) is 17.7 Å². The number of nitrogens with two attached hydrogens (primary N) is 1. The molecule has 80 valence electrons. The van der Waals surface area contributed by atoms with Crippen molar-refractivity contribution in [2.75, 3.05) is 20.4 Å². The van der Waals surface area contributed by atoms with Crippen LogP contribution in [0.4, 0.5) is 4.39 Å². The second-order valence-corrected chi connectivity index (χ2v) is 2.70. The third kappa shape index (κ3) is 3.58. The minimum atomic E-state index is -0.360. The minimum Gasteiger partial charge on any atom is -0.466 e. The SMILES string of the molecule is COCOc1ccc(F)cc1C#CCN. The molecule has 0 spiro atoms. The van der Waals surface area contributed by atoms with E-state index in [4.69, 9.17) is 15.2 Å². The van der Waals surface area contributed by atoms with Crippen LogP contribution in [0.15, 0.2) is 18.2 Å². The Labute approximate surface area is 88.0 Å². The number of rotatable bonds is 3. The van der Waals surface area contributed by atoms with Crippen molar-refractivity contribution in [2.24, 2.45) is 5.73 Å². The molecular formula is C11H12FNO2. The highest BCUT2D eigenvalue weighted by molar-refractivity contribution is 5.46. The van der Waals surface area contributed by atoms with Gasteiger partial charge >= 0.3 is 0 Å². The van der Waals surface area contributed by atoms with E-state index in [1.165, 1.54) is 25.3 Å². The van der Waals surface area contributed by atoms with Crippen molar-refractivity contribution in [1.29, 1.82) is 0 Å². The molecule has 0 bridgehead atoms. The van der Waals surface area contributed by atoms with E-state index in [9.17, 15) is 4.39 Å². The van der Waals surface area contributed by atoms with Gasteiger partial charge in [-0.2, -0.15) is 0 Å². The fourth-order valence-electron chi connectivity index (χ4n) is 0.994. The lowest BCUT2D eigenvalue weighted by Gasteiger charge is -2.06. The van der Waals surface area contributed by atoms with Crippen molar-refractivity contribution in [1.82, 2.24) is 0 Å². The number of methoxy groups -OCH3 is 1. The van der Waals surface area contributed by atoms with Gasteiger partial charge in [0.25, 0.3) is 0 Å². The molecule has 0 aromatic heterocycles. The van der Waals surface area contributed by atoms with Gasteiger partial charge in [-0.05, 0) is 18.2 Å². The zero-order chi connectivity index (χ0) is 11.1. The van der Waals surface area contributed by atoms with Crippen LogP contribution in [-0.2, 0) is 4.74 Å². The molecule has 3 nitrogen and oxygen atoms in total. The predicted octanol–water partition coefficient (Wildman–Crippen LogP) is 1.12. The van der Waals surface area contributed by atoms with Crippen molar-refractivity contribution in [3.05, 3.63) is 29.6 Å². The van der Waals surface area contributed by atoms with Gasteiger partial charge in [-0.1, -0.05) is 11.8 Å². The van der Waals surface area contributed by atoms with Crippen LogP contribution in [0.3, 0.4) is 0 Å². The Morgan fingerprint density at radius 1 is 1.47 bits per heavy atom. The van der Waals surface area contributed by atoms with E-state index in [1.807, 2.05) is 0 Å². The molecule has 1 aromatic carbocycles. The number of halogens is 1. The molecular weight excluding hydrogens is 197 g/mol. The first-order chi connectivity index (χ1) is 7.27. The second-order valence-electron chi connectivity index (χ2n) is 2.70. The Kier molecular flexibility index (Phi) is 4.61. The van der Waals surface area contributed by atoms with Crippen molar-refractivity contribution in [3.63, 3.8) is 0 Å². The smallest absolute Gasteiger partial charge is 0.188 e. The molecule has 0 radical (unpaired) electrons. The van der Waals surface area contributed by atoms with Crippen molar-refractivity contribution < 1.29 is 13.9 Å². The van der Waals surface area contributed by atoms with Gasteiger partial charge in [0.2, 0.25) is 0 Å². The summed E-state index contributed by atoms with van der Waals surface area (Å²) in [6, 6.07) is 4.11. The zero-order valence-electron chi connectivity index (χ0n) is 8.42. The van der Waals surface area contributed by atoms with E-state index in [0.29, 0.717) is 11.3 Å². The van der Waals surface area contributed by atoms with Crippen LogP contribution in [0.1, 0.15) is 5.56 Å². The summed E-state index contributed by atoms with van der Waals surface area (Å²) in [6.45, 7) is 0.323. The number of ether oxygens (including phenoxy) is 2. The average Bonchev–Trinajstić information content (AvgIpc) is 2.25. The van der Waals surface area contributed by atoms with Gasteiger partial charge in [-0.25, -0.2) is 4.39 Å². The Balaban J connectivity index is 2.92. The lowest BCUT2D eigenvalue weighted by atomic mass is 10.2. The maximum Gasteiger partial charge on any atom is 0.188 e. The molecule has 0 aliphatic carbocycles. The molecule has 4 heteroatoms. The monoisotopic (exact) mass is 209 g/mol. The van der Waals surface area contributed by atoms with E-state index >= 15 is 0 Å². The Morgan fingerprint density at radius 2 is 2.27 bits per heavy atom. The zero-order valence-corrected chi connectivity index (χ0v) is 8.42. The highest BCUT2D eigenvalue weighted by atomic mass is 19.1. The Morgan fingerprint density at radius 3 is 2.93 bits per heavy atom. The quantitative estimate of drug-likeness (QED) is 0.599. The molecule has 0 atom stereocenters. The first kappa shape index (κ1) is 11.5. The minimum absolute atomic E-state index is 0.100. The Bertz CT molecular complexity index is 382. The van der Waals surface area contributed by atoms with Gasteiger partial charge in [0.1, 0.15) is 11.6 Å². The van der Waals surface area contributed by atoms with Crippen molar-refractivity contribution in [3.8, 4) is 17.6 Å². The normalized spacial score (nSPS) is 9.27. The Hall–Kier alpha value is -1.57. The van der Waals surface area contributed by atoms with E-state index in [0.717, 1.165) is 0 Å². The molecule has 1 rings (SSSR count). The highest BCUT2D eigenvalue weighted by Gasteiger charge is 2.02. The number of benzene rings is 1. The molecule has 0 unspecified atom stereocenters. The van der Waals surface area contributed by atoms with Gasteiger partial charge in [-0.3, -0.25) is 0 Å². The molecule has 0 fully saturated rings. The molecule has 0 saturated heterocycles. The van der Waals surface area contributed by atoms with E-state index in [1.54, 1.807) is 0 Å². The van der Waals surface area contributed by atoms with Crippen LogP contribution >= 0.6 is 0 Å². The van der Waals surface area contributed by atoms with Crippen LogP contribution in [-0.4, -0.2) is 20.4 Å².